The van der Waals surface area contributed by atoms with Crippen LogP contribution in [0.15, 0.2) is 4.52 Å². The Labute approximate surface area is 108 Å². The standard InChI is InChI=1S/C12H22N4O2/c1-3-4-10(16-7-5-13-6-8-16)12-14-11(9-17-2)18-15-12/h10,13H,3-9H2,1-2H3. The van der Waals surface area contributed by atoms with E-state index in [1.54, 1.807) is 7.11 Å². The molecule has 1 aromatic heterocycles. The lowest BCUT2D eigenvalue weighted by Gasteiger charge is -2.33. The SMILES string of the molecule is CCCC(c1noc(COC)n1)N1CCNCC1. The van der Waals surface area contributed by atoms with Crippen molar-refractivity contribution in [3.63, 3.8) is 0 Å². The smallest absolute Gasteiger partial charge is 0.252 e. The highest BCUT2D eigenvalue weighted by Gasteiger charge is 2.25. The molecule has 0 aliphatic carbocycles. The van der Waals surface area contributed by atoms with Crippen LogP contribution in [0.2, 0.25) is 0 Å². The number of rotatable bonds is 6. The van der Waals surface area contributed by atoms with Gasteiger partial charge in [0.1, 0.15) is 6.61 Å². The molecule has 1 aliphatic rings. The van der Waals surface area contributed by atoms with E-state index in [9.17, 15) is 0 Å². The number of aromatic nitrogens is 2. The molecule has 2 rings (SSSR count). The first-order valence-electron chi connectivity index (χ1n) is 6.61. The summed E-state index contributed by atoms with van der Waals surface area (Å²) in [6, 6.07) is 0.270. The van der Waals surface area contributed by atoms with Gasteiger partial charge in [-0.3, -0.25) is 4.90 Å². The van der Waals surface area contributed by atoms with Crippen LogP contribution in [0.1, 0.15) is 37.5 Å². The number of hydrogen-bond donors (Lipinski definition) is 1. The molecule has 0 spiro atoms. The molecule has 1 unspecified atom stereocenters. The zero-order chi connectivity index (χ0) is 12.8. The molecule has 1 aliphatic heterocycles. The average Bonchev–Trinajstić information content (AvgIpc) is 2.86. The number of nitrogens with one attached hydrogen (secondary N) is 1. The fourth-order valence-corrected chi connectivity index (χ4v) is 2.33. The first kappa shape index (κ1) is 13.5. The van der Waals surface area contributed by atoms with E-state index >= 15 is 0 Å². The topological polar surface area (TPSA) is 63.4 Å². The summed E-state index contributed by atoms with van der Waals surface area (Å²) in [5.74, 6) is 1.36. The predicted octanol–water partition coefficient (Wildman–Crippen LogP) is 0.962. The lowest BCUT2D eigenvalue weighted by atomic mass is 10.1. The summed E-state index contributed by atoms with van der Waals surface area (Å²) < 4.78 is 10.2. The molecule has 6 heteroatoms. The van der Waals surface area contributed by atoms with Gasteiger partial charge in [0, 0.05) is 33.3 Å². The van der Waals surface area contributed by atoms with Crippen molar-refractivity contribution in [1.29, 1.82) is 0 Å². The second-order valence-corrected chi connectivity index (χ2v) is 4.57. The molecular formula is C12H22N4O2. The van der Waals surface area contributed by atoms with Crippen molar-refractivity contribution >= 4 is 0 Å². The van der Waals surface area contributed by atoms with Crippen LogP contribution in [0, 0.1) is 0 Å². The maximum absolute atomic E-state index is 5.19. The second kappa shape index (κ2) is 6.82. The highest BCUT2D eigenvalue weighted by Crippen LogP contribution is 2.23. The van der Waals surface area contributed by atoms with Gasteiger partial charge >= 0.3 is 0 Å². The van der Waals surface area contributed by atoms with E-state index in [0.717, 1.165) is 44.8 Å². The third-order valence-corrected chi connectivity index (χ3v) is 3.20. The highest BCUT2D eigenvalue weighted by atomic mass is 16.5. The third-order valence-electron chi connectivity index (χ3n) is 3.20. The van der Waals surface area contributed by atoms with Gasteiger partial charge in [-0.2, -0.15) is 4.98 Å². The van der Waals surface area contributed by atoms with Crippen molar-refractivity contribution in [1.82, 2.24) is 20.4 Å². The molecule has 102 valence electrons. The Morgan fingerprint density at radius 2 is 2.22 bits per heavy atom. The summed E-state index contributed by atoms with van der Waals surface area (Å²) in [4.78, 5) is 6.86. The fraction of sp³-hybridized carbons (Fsp3) is 0.833. The minimum Gasteiger partial charge on any atom is -0.375 e. The van der Waals surface area contributed by atoms with E-state index in [1.165, 1.54) is 0 Å². The molecule has 6 nitrogen and oxygen atoms in total. The van der Waals surface area contributed by atoms with Gasteiger partial charge in [0.2, 0.25) is 0 Å². The van der Waals surface area contributed by atoms with Gasteiger partial charge in [0.15, 0.2) is 5.82 Å². The van der Waals surface area contributed by atoms with Gasteiger partial charge in [-0.25, -0.2) is 0 Å². The summed E-state index contributed by atoms with van der Waals surface area (Å²) in [5, 5.41) is 7.46. The maximum atomic E-state index is 5.19. The molecule has 1 fully saturated rings. The number of nitrogens with zero attached hydrogens (tertiary/aromatic N) is 3. The Bertz CT molecular complexity index is 350. The monoisotopic (exact) mass is 254 g/mol. The number of piperazine rings is 1. The number of methoxy groups -OCH3 is 1. The average molecular weight is 254 g/mol. The van der Waals surface area contributed by atoms with Crippen LogP contribution in [0.4, 0.5) is 0 Å². The number of ether oxygens (including phenoxy) is 1. The predicted molar refractivity (Wildman–Crippen MR) is 67.1 cm³/mol. The second-order valence-electron chi connectivity index (χ2n) is 4.57. The first-order valence-corrected chi connectivity index (χ1v) is 6.61. The minimum atomic E-state index is 0.270. The molecule has 0 radical (unpaired) electrons. The lowest BCUT2D eigenvalue weighted by molar-refractivity contribution is 0.149. The van der Waals surface area contributed by atoms with Crippen LogP contribution in [0.25, 0.3) is 0 Å². The van der Waals surface area contributed by atoms with Crippen molar-refractivity contribution in [2.24, 2.45) is 0 Å². The van der Waals surface area contributed by atoms with E-state index in [1.807, 2.05) is 0 Å². The summed E-state index contributed by atoms with van der Waals surface area (Å²) in [6.07, 6.45) is 2.18. The summed E-state index contributed by atoms with van der Waals surface area (Å²) in [5.41, 5.74) is 0. The Morgan fingerprint density at radius 3 is 2.89 bits per heavy atom. The van der Waals surface area contributed by atoms with Crippen molar-refractivity contribution < 1.29 is 9.26 Å². The fourth-order valence-electron chi connectivity index (χ4n) is 2.33. The zero-order valence-corrected chi connectivity index (χ0v) is 11.2. The van der Waals surface area contributed by atoms with Crippen molar-refractivity contribution in [2.75, 3.05) is 33.3 Å². The lowest BCUT2D eigenvalue weighted by Crippen LogP contribution is -2.45. The van der Waals surface area contributed by atoms with Gasteiger partial charge in [0.25, 0.3) is 5.89 Å². The van der Waals surface area contributed by atoms with Gasteiger partial charge in [-0.1, -0.05) is 18.5 Å². The Morgan fingerprint density at radius 1 is 1.44 bits per heavy atom. The summed E-state index contributed by atoms with van der Waals surface area (Å²) in [7, 11) is 1.63. The van der Waals surface area contributed by atoms with Crippen LogP contribution < -0.4 is 5.32 Å². The Hall–Kier alpha value is -0.980. The molecule has 2 heterocycles. The quantitative estimate of drug-likeness (QED) is 0.816. The summed E-state index contributed by atoms with van der Waals surface area (Å²) >= 11 is 0. The van der Waals surface area contributed by atoms with Crippen LogP contribution in [0.5, 0.6) is 0 Å². The van der Waals surface area contributed by atoms with Gasteiger partial charge in [0.05, 0.1) is 6.04 Å². The van der Waals surface area contributed by atoms with Crippen LogP contribution in [-0.2, 0) is 11.3 Å². The van der Waals surface area contributed by atoms with Gasteiger partial charge in [-0.05, 0) is 6.42 Å². The molecule has 0 amide bonds. The van der Waals surface area contributed by atoms with Crippen molar-refractivity contribution in [2.45, 2.75) is 32.4 Å². The maximum Gasteiger partial charge on any atom is 0.252 e. The molecule has 1 saturated heterocycles. The van der Waals surface area contributed by atoms with E-state index in [-0.39, 0.29) is 6.04 Å². The van der Waals surface area contributed by atoms with E-state index in [0.29, 0.717) is 12.5 Å². The van der Waals surface area contributed by atoms with Crippen LogP contribution in [0.3, 0.4) is 0 Å². The molecule has 1 N–H and O–H groups in total. The normalized spacial score (nSPS) is 19.0. The van der Waals surface area contributed by atoms with Gasteiger partial charge < -0.3 is 14.6 Å². The van der Waals surface area contributed by atoms with E-state index in [2.05, 4.69) is 27.3 Å². The largest absolute Gasteiger partial charge is 0.375 e. The highest BCUT2D eigenvalue weighted by molar-refractivity contribution is 4.95. The molecule has 1 aromatic rings. The molecule has 1 atom stereocenters. The van der Waals surface area contributed by atoms with E-state index in [4.69, 9.17) is 9.26 Å². The Balaban J connectivity index is 2.06. The molecule has 0 saturated carbocycles. The van der Waals surface area contributed by atoms with E-state index < -0.39 is 0 Å². The Kier molecular flexibility index (Phi) is 5.10. The molecule has 0 aromatic carbocycles. The molecule has 0 bridgehead atoms. The number of hydrogen-bond acceptors (Lipinski definition) is 6. The minimum absolute atomic E-state index is 0.270. The van der Waals surface area contributed by atoms with Gasteiger partial charge in [-0.15, -0.1) is 0 Å². The zero-order valence-electron chi connectivity index (χ0n) is 11.2. The molecular weight excluding hydrogens is 232 g/mol. The van der Waals surface area contributed by atoms with Crippen LogP contribution >= 0.6 is 0 Å². The van der Waals surface area contributed by atoms with Crippen molar-refractivity contribution in [3.05, 3.63) is 11.7 Å². The van der Waals surface area contributed by atoms with Crippen molar-refractivity contribution in [3.8, 4) is 0 Å². The summed E-state index contributed by atoms with van der Waals surface area (Å²) in [6.45, 7) is 6.71. The third kappa shape index (κ3) is 3.28. The van der Waals surface area contributed by atoms with Crippen LogP contribution in [-0.4, -0.2) is 48.3 Å². The molecule has 18 heavy (non-hydrogen) atoms. The first-order chi connectivity index (χ1) is 8.85.